The third kappa shape index (κ3) is 3.51. The second-order valence-corrected chi connectivity index (χ2v) is 5.11. The van der Waals surface area contributed by atoms with Crippen LogP contribution in [0.3, 0.4) is 0 Å². The topological polar surface area (TPSA) is 49.4 Å². The van der Waals surface area contributed by atoms with Gasteiger partial charge in [0.15, 0.2) is 0 Å². The van der Waals surface area contributed by atoms with Crippen LogP contribution in [-0.4, -0.2) is 35.8 Å². The highest BCUT2D eigenvalue weighted by atomic mass is 16.2. The van der Waals surface area contributed by atoms with Crippen molar-refractivity contribution in [2.24, 2.45) is 11.8 Å². The summed E-state index contributed by atoms with van der Waals surface area (Å²) in [4.78, 5) is 24.8. The van der Waals surface area contributed by atoms with Crippen LogP contribution in [0.2, 0.25) is 0 Å². The molecule has 1 N–H and O–H groups in total. The Balaban J connectivity index is 2.55. The van der Waals surface area contributed by atoms with Crippen LogP contribution in [0.15, 0.2) is 0 Å². The van der Waals surface area contributed by atoms with Crippen LogP contribution in [0.1, 0.15) is 34.1 Å². The van der Waals surface area contributed by atoms with Crippen molar-refractivity contribution in [1.29, 1.82) is 0 Å². The van der Waals surface area contributed by atoms with Gasteiger partial charge in [-0.1, -0.05) is 13.8 Å². The summed E-state index contributed by atoms with van der Waals surface area (Å²) in [6.07, 6.45) is 1.18. The Kier molecular flexibility index (Phi) is 4.33. The van der Waals surface area contributed by atoms with E-state index < -0.39 is 6.04 Å². The highest BCUT2D eigenvalue weighted by molar-refractivity contribution is 5.86. The lowest BCUT2D eigenvalue weighted by Gasteiger charge is -2.36. The van der Waals surface area contributed by atoms with E-state index in [-0.39, 0.29) is 11.8 Å². The van der Waals surface area contributed by atoms with E-state index in [1.54, 1.807) is 6.92 Å². The molecule has 3 unspecified atom stereocenters. The molecule has 4 nitrogen and oxygen atoms in total. The Morgan fingerprint density at radius 1 is 1.25 bits per heavy atom. The minimum Gasteiger partial charge on any atom is -0.345 e. The van der Waals surface area contributed by atoms with Gasteiger partial charge in [0.1, 0.15) is 6.04 Å². The van der Waals surface area contributed by atoms with E-state index in [4.69, 9.17) is 0 Å². The Morgan fingerprint density at radius 2 is 1.75 bits per heavy atom. The molecule has 0 radical (unpaired) electrons. The largest absolute Gasteiger partial charge is 0.345 e. The first-order chi connectivity index (χ1) is 7.40. The zero-order valence-corrected chi connectivity index (χ0v) is 10.6. The maximum Gasteiger partial charge on any atom is 0.244 e. The summed E-state index contributed by atoms with van der Waals surface area (Å²) >= 11 is 0. The quantitative estimate of drug-likeness (QED) is 0.764. The van der Waals surface area contributed by atoms with Gasteiger partial charge in [-0.25, -0.2) is 0 Å². The molecule has 2 amide bonds. The monoisotopic (exact) mass is 226 g/mol. The number of likely N-dealkylation sites (tertiary alicyclic amines) is 1. The Morgan fingerprint density at radius 3 is 2.19 bits per heavy atom. The molecule has 4 heteroatoms. The van der Waals surface area contributed by atoms with Gasteiger partial charge in [0.2, 0.25) is 11.8 Å². The van der Waals surface area contributed by atoms with E-state index in [1.165, 1.54) is 13.3 Å². The van der Waals surface area contributed by atoms with Crippen molar-refractivity contribution in [3.8, 4) is 0 Å². The SMILES string of the molecule is CC(=O)NC(C)C(=O)N1CC(C)CC(C)C1. The van der Waals surface area contributed by atoms with E-state index in [1.807, 2.05) is 4.90 Å². The van der Waals surface area contributed by atoms with Crippen LogP contribution < -0.4 is 5.32 Å². The summed E-state index contributed by atoms with van der Waals surface area (Å²) < 4.78 is 0. The van der Waals surface area contributed by atoms with Crippen molar-refractivity contribution < 1.29 is 9.59 Å². The van der Waals surface area contributed by atoms with Gasteiger partial charge < -0.3 is 10.2 Å². The molecule has 3 atom stereocenters. The van der Waals surface area contributed by atoms with Gasteiger partial charge in [-0.15, -0.1) is 0 Å². The number of carbonyl (C=O) groups is 2. The van der Waals surface area contributed by atoms with Crippen LogP contribution in [0.25, 0.3) is 0 Å². The molecule has 0 spiro atoms. The Hall–Kier alpha value is -1.06. The Labute approximate surface area is 97.4 Å². The molecule has 0 bridgehead atoms. The van der Waals surface area contributed by atoms with Crippen molar-refractivity contribution in [3.05, 3.63) is 0 Å². The van der Waals surface area contributed by atoms with Gasteiger partial charge in [-0.3, -0.25) is 9.59 Å². The zero-order chi connectivity index (χ0) is 12.3. The van der Waals surface area contributed by atoms with Crippen LogP contribution in [0.5, 0.6) is 0 Å². The predicted molar refractivity (Wildman–Crippen MR) is 62.8 cm³/mol. The summed E-state index contributed by atoms with van der Waals surface area (Å²) in [6.45, 7) is 9.14. The predicted octanol–water partition coefficient (Wildman–Crippen LogP) is 1.02. The van der Waals surface area contributed by atoms with Crippen LogP contribution in [0.4, 0.5) is 0 Å². The van der Waals surface area contributed by atoms with Crippen molar-refractivity contribution >= 4 is 11.8 Å². The van der Waals surface area contributed by atoms with Gasteiger partial charge in [0.05, 0.1) is 0 Å². The normalized spacial score (nSPS) is 27.4. The number of amides is 2. The molecule has 1 aliphatic heterocycles. The summed E-state index contributed by atoms with van der Waals surface area (Å²) in [7, 11) is 0. The minimum atomic E-state index is -0.407. The molecule has 1 saturated heterocycles. The molecule has 92 valence electrons. The standard InChI is InChI=1S/C12H22N2O2/c1-8-5-9(2)7-14(6-8)12(16)10(3)13-11(4)15/h8-10H,5-7H2,1-4H3,(H,13,15). The van der Waals surface area contributed by atoms with Gasteiger partial charge in [-0.2, -0.15) is 0 Å². The van der Waals surface area contributed by atoms with Gasteiger partial charge in [0, 0.05) is 20.0 Å². The van der Waals surface area contributed by atoms with Crippen LogP contribution >= 0.6 is 0 Å². The van der Waals surface area contributed by atoms with Crippen LogP contribution in [-0.2, 0) is 9.59 Å². The van der Waals surface area contributed by atoms with E-state index >= 15 is 0 Å². The zero-order valence-electron chi connectivity index (χ0n) is 10.6. The number of hydrogen-bond donors (Lipinski definition) is 1. The molecule has 0 aliphatic carbocycles. The molecule has 0 aromatic rings. The number of rotatable bonds is 2. The van der Waals surface area contributed by atoms with Crippen molar-refractivity contribution in [3.63, 3.8) is 0 Å². The molecule has 0 saturated carbocycles. The fraction of sp³-hybridized carbons (Fsp3) is 0.833. The summed E-state index contributed by atoms with van der Waals surface area (Å²) in [5.41, 5.74) is 0. The third-order valence-electron chi connectivity index (χ3n) is 2.97. The second kappa shape index (κ2) is 5.32. The smallest absolute Gasteiger partial charge is 0.244 e. The lowest BCUT2D eigenvalue weighted by atomic mass is 9.91. The number of carbonyl (C=O) groups excluding carboxylic acids is 2. The molecule has 0 aromatic carbocycles. The van der Waals surface area contributed by atoms with E-state index in [0.29, 0.717) is 11.8 Å². The fourth-order valence-electron chi connectivity index (χ4n) is 2.48. The first-order valence-corrected chi connectivity index (χ1v) is 5.96. The van der Waals surface area contributed by atoms with Gasteiger partial charge >= 0.3 is 0 Å². The fourth-order valence-corrected chi connectivity index (χ4v) is 2.48. The number of hydrogen-bond acceptors (Lipinski definition) is 2. The lowest BCUT2D eigenvalue weighted by molar-refractivity contribution is -0.137. The van der Waals surface area contributed by atoms with E-state index in [0.717, 1.165) is 13.1 Å². The van der Waals surface area contributed by atoms with Crippen molar-refractivity contribution in [1.82, 2.24) is 10.2 Å². The molecule has 16 heavy (non-hydrogen) atoms. The first-order valence-electron chi connectivity index (χ1n) is 5.96. The number of nitrogens with zero attached hydrogens (tertiary/aromatic N) is 1. The van der Waals surface area contributed by atoms with Crippen molar-refractivity contribution in [2.45, 2.75) is 40.2 Å². The van der Waals surface area contributed by atoms with Crippen molar-refractivity contribution in [2.75, 3.05) is 13.1 Å². The van der Waals surface area contributed by atoms with Crippen LogP contribution in [0, 0.1) is 11.8 Å². The molecule has 1 fully saturated rings. The number of piperidine rings is 1. The molecular weight excluding hydrogens is 204 g/mol. The van der Waals surface area contributed by atoms with Gasteiger partial charge in [-0.05, 0) is 25.2 Å². The Bertz CT molecular complexity index is 268. The lowest BCUT2D eigenvalue weighted by Crippen LogP contribution is -2.50. The third-order valence-corrected chi connectivity index (χ3v) is 2.97. The molecule has 0 aromatic heterocycles. The maximum absolute atomic E-state index is 12.0. The molecular formula is C12H22N2O2. The summed E-state index contributed by atoms with van der Waals surface area (Å²) in [5, 5.41) is 2.64. The molecule has 1 aliphatic rings. The van der Waals surface area contributed by atoms with E-state index in [9.17, 15) is 9.59 Å². The molecule has 1 rings (SSSR count). The summed E-state index contributed by atoms with van der Waals surface area (Å²) in [5.74, 6) is 0.988. The second-order valence-electron chi connectivity index (χ2n) is 5.11. The highest BCUT2D eigenvalue weighted by Gasteiger charge is 2.28. The van der Waals surface area contributed by atoms with E-state index in [2.05, 4.69) is 19.2 Å². The highest BCUT2D eigenvalue weighted by Crippen LogP contribution is 2.21. The summed E-state index contributed by atoms with van der Waals surface area (Å²) in [6, 6.07) is -0.407. The first kappa shape index (κ1) is 13.0. The number of nitrogens with one attached hydrogen (secondary N) is 1. The van der Waals surface area contributed by atoms with Gasteiger partial charge in [0.25, 0.3) is 0 Å². The average molecular weight is 226 g/mol. The average Bonchev–Trinajstić information content (AvgIpc) is 2.13. The molecule has 1 heterocycles. The minimum absolute atomic E-state index is 0.0357. The maximum atomic E-state index is 12.0.